The van der Waals surface area contributed by atoms with E-state index in [0.29, 0.717) is 11.6 Å². The number of anilines is 1. The van der Waals surface area contributed by atoms with Gasteiger partial charge in [0, 0.05) is 17.4 Å². The summed E-state index contributed by atoms with van der Waals surface area (Å²) in [6.45, 7) is 0. The standard InChI is InChI=1S/C22H19N3O2S/c26-20(23-22-25-24-21(28-22)9-14-5-2-1-3-6-14)12-17-13-27-19-11-16-8-4-7-15(16)10-18(17)19/h1-3,5-6,10-11,13H,4,7-9,12H2,(H,23,25,26). The minimum absolute atomic E-state index is 0.106. The summed E-state index contributed by atoms with van der Waals surface area (Å²) in [7, 11) is 0. The molecule has 5 rings (SSSR count). The highest BCUT2D eigenvalue weighted by molar-refractivity contribution is 7.15. The zero-order valence-electron chi connectivity index (χ0n) is 15.3. The van der Waals surface area contributed by atoms with Crippen molar-refractivity contribution < 1.29 is 9.21 Å². The number of nitrogens with one attached hydrogen (secondary N) is 1. The Morgan fingerprint density at radius 2 is 1.93 bits per heavy atom. The minimum atomic E-state index is -0.106. The van der Waals surface area contributed by atoms with E-state index in [1.165, 1.54) is 34.4 Å². The molecule has 0 fully saturated rings. The Balaban J connectivity index is 1.27. The summed E-state index contributed by atoms with van der Waals surface area (Å²) in [4.78, 5) is 12.5. The van der Waals surface area contributed by atoms with Gasteiger partial charge in [0.2, 0.25) is 11.0 Å². The molecule has 2 aromatic heterocycles. The van der Waals surface area contributed by atoms with Crippen LogP contribution in [-0.2, 0) is 30.5 Å². The number of carbonyl (C=O) groups excluding carboxylic acids is 1. The number of aromatic nitrogens is 2. The smallest absolute Gasteiger partial charge is 0.230 e. The Kier molecular flexibility index (Phi) is 4.41. The Labute approximate surface area is 166 Å². The fraction of sp³-hybridized carbons (Fsp3) is 0.227. The predicted octanol–water partition coefficient (Wildman–Crippen LogP) is 4.55. The third-order valence-electron chi connectivity index (χ3n) is 5.13. The van der Waals surface area contributed by atoms with Crippen molar-refractivity contribution in [1.29, 1.82) is 0 Å². The molecule has 0 saturated carbocycles. The van der Waals surface area contributed by atoms with Crippen molar-refractivity contribution in [3.05, 3.63) is 76.0 Å². The monoisotopic (exact) mass is 389 g/mol. The van der Waals surface area contributed by atoms with Crippen molar-refractivity contribution >= 4 is 33.3 Å². The van der Waals surface area contributed by atoms with Crippen LogP contribution in [0.3, 0.4) is 0 Å². The van der Waals surface area contributed by atoms with Crippen LogP contribution >= 0.6 is 11.3 Å². The summed E-state index contributed by atoms with van der Waals surface area (Å²) in [5.74, 6) is -0.106. The van der Waals surface area contributed by atoms with E-state index in [4.69, 9.17) is 4.42 Å². The van der Waals surface area contributed by atoms with E-state index in [0.717, 1.165) is 34.4 Å². The van der Waals surface area contributed by atoms with Gasteiger partial charge in [-0.15, -0.1) is 10.2 Å². The Bertz CT molecular complexity index is 1150. The zero-order chi connectivity index (χ0) is 18.9. The highest BCUT2D eigenvalue weighted by Crippen LogP contribution is 2.30. The van der Waals surface area contributed by atoms with E-state index < -0.39 is 0 Å². The molecule has 6 heteroatoms. The van der Waals surface area contributed by atoms with Crippen LogP contribution in [-0.4, -0.2) is 16.1 Å². The lowest BCUT2D eigenvalue weighted by Crippen LogP contribution is -2.14. The van der Waals surface area contributed by atoms with Crippen molar-refractivity contribution in [1.82, 2.24) is 10.2 Å². The maximum absolute atomic E-state index is 12.5. The van der Waals surface area contributed by atoms with Crippen LogP contribution in [0.5, 0.6) is 0 Å². The molecule has 0 bridgehead atoms. The fourth-order valence-electron chi connectivity index (χ4n) is 3.77. The van der Waals surface area contributed by atoms with Crippen molar-refractivity contribution in [2.75, 3.05) is 5.32 Å². The summed E-state index contributed by atoms with van der Waals surface area (Å²) in [5, 5.41) is 13.6. The lowest BCUT2D eigenvalue weighted by Gasteiger charge is -2.02. The van der Waals surface area contributed by atoms with Gasteiger partial charge in [0.25, 0.3) is 0 Å². The lowest BCUT2D eigenvalue weighted by molar-refractivity contribution is -0.115. The van der Waals surface area contributed by atoms with Gasteiger partial charge in [-0.3, -0.25) is 4.79 Å². The maximum Gasteiger partial charge on any atom is 0.230 e. The van der Waals surface area contributed by atoms with E-state index in [1.54, 1.807) is 6.26 Å². The molecule has 1 N–H and O–H groups in total. The normalized spacial score (nSPS) is 13.0. The molecule has 4 aromatic rings. The van der Waals surface area contributed by atoms with Crippen LogP contribution in [0.2, 0.25) is 0 Å². The van der Waals surface area contributed by atoms with Gasteiger partial charge >= 0.3 is 0 Å². The SMILES string of the molecule is O=C(Cc1coc2cc3c(cc12)CCC3)Nc1nnc(Cc2ccccc2)s1. The zero-order valence-corrected chi connectivity index (χ0v) is 16.1. The van der Waals surface area contributed by atoms with Crippen LogP contribution in [0.1, 0.15) is 33.7 Å². The molecule has 2 heterocycles. The van der Waals surface area contributed by atoms with Gasteiger partial charge in [-0.25, -0.2) is 0 Å². The van der Waals surface area contributed by atoms with E-state index in [-0.39, 0.29) is 12.3 Å². The molecule has 0 unspecified atom stereocenters. The number of rotatable bonds is 5. The molecule has 0 atom stereocenters. The first-order valence-corrected chi connectivity index (χ1v) is 10.2. The molecule has 0 aliphatic heterocycles. The van der Waals surface area contributed by atoms with Gasteiger partial charge in [-0.2, -0.15) is 0 Å². The molecule has 0 spiro atoms. The number of benzene rings is 2. The van der Waals surface area contributed by atoms with Crippen molar-refractivity contribution in [3.63, 3.8) is 0 Å². The second-order valence-electron chi connectivity index (χ2n) is 7.12. The summed E-state index contributed by atoms with van der Waals surface area (Å²) >= 11 is 1.41. The van der Waals surface area contributed by atoms with E-state index in [1.807, 2.05) is 18.2 Å². The van der Waals surface area contributed by atoms with Crippen LogP contribution in [0.25, 0.3) is 11.0 Å². The summed E-state index contributed by atoms with van der Waals surface area (Å²) in [5.41, 5.74) is 5.71. The largest absolute Gasteiger partial charge is 0.464 e. The number of hydrogen-bond acceptors (Lipinski definition) is 5. The first-order valence-electron chi connectivity index (χ1n) is 9.42. The van der Waals surface area contributed by atoms with E-state index in [9.17, 15) is 4.79 Å². The molecule has 5 nitrogen and oxygen atoms in total. The lowest BCUT2D eigenvalue weighted by atomic mass is 10.0. The average molecular weight is 389 g/mol. The number of furan rings is 1. The molecule has 28 heavy (non-hydrogen) atoms. The number of carbonyl (C=O) groups is 1. The molecule has 0 radical (unpaired) electrons. The number of aryl methyl sites for hydroxylation is 2. The molecular formula is C22H19N3O2S. The van der Waals surface area contributed by atoms with Crippen molar-refractivity contribution in [2.45, 2.75) is 32.1 Å². The second-order valence-corrected chi connectivity index (χ2v) is 8.18. The predicted molar refractivity (Wildman–Crippen MR) is 110 cm³/mol. The number of fused-ring (bicyclic) bond motifs is 2. The number of nitrogens with zero attached hydrogens (tertiary/aromatic N) is 2. The van der Waals surface area contributed by atoms with Crippen molar-refractivity contribution in [3.8, 4) is 0 Å². The molecule has 140 valence electrons. The van der Waals surface area contributed by atoms with Gasteiger partial charge in [-0.1, -0.05) is 41.7 Å². The maximum atomic E-state index is 12.5. The van der Waals surface area contributed by atoms with Crippen LogP contribution in [0.4, 0.5) is 5.13 Å². The second kappa shape index (κ2) is 7.20. The molecule has 1 aliphatic carbocycles. The topological polar surface area (TPSA) is 68.0 Å². The number of amides is 1. The highest BCUT2D eigenvalue weighted by atomic mass is 32.1. The highest BCUT2D eigenvalue weighted by Gasteiger charge is 2.17. The third-order valence-corrected chi connectivity index (χ3v) is 5.97. The molecular weight excluding hydrogens is 370 g/mol. The van der Waals surface area contributed by atoms with Gasteiger partial charge in [0.1, 0.15) is 10.6 Å². The summed E-state index contributed by atoms with van der Waals surface area (Å²) in [6, 6.07) is 14.4. The Morgan fingerprint density at radius 3 is 2.79 bits per heavy atom. The molecule has 1 aliphatic rings. The van der Waals surface area contributed by atoms with Gasteiger partial charge in [0.05, 0.1) is 12.7 Å². The van der Waals surface area contributed by atoms with Crippen molar-refractivity contribution in [2.24, 2.45) is 0 Å². The summed E-state index contributed by atoms with van der Waals surface area (Å²) in [6.07, 6.45) is 6.09. The first-order chi connectivity index (χ1) is 13.7. The third kappa shape index (κ3) is 3.43. The molecule has 2 aromatic carbocycles. The minimum Gasteiger partial charge on any atom is -0.464 e. The van der Waals surface area contributed by atoms with Gasteiger partial charge < -0.3 is 9.73 Å². The average Bonchev–Trinajstić information content (AvgIpc) is 3.42. The quantitative estimate of drug-likeness (QED) is 0.544. The fourth-order valence-corrected chi connectivity index (χ4v) is 4.56. The van der Waals surface area contributed by atoms with Gasteiger partial charge in [-0.05, 0) is 48.1 Å². The Morgan fingerprint density at radius 1 is 1.11 bits per heavy atom. The first kappa shape index (κ1) is 17.1. The molecule has 0 saturated heterocycles. The number of hydrogen-bond donors (Lipinski definition) is 1. The Hall–Kier alpha value is -2.99. The van der Waals surface area contributed by atoms with Crippen LogP contribution < -0.4 is 5.32 Å². The van der Waals surface area contributed by atoms with E-state index in [2.05, 4.69) is 39.8 Å². The van der Waals surface area contributed by atoms with Crippen LogP contribution in [0.15, 0.2) is 53.1 Å². The van der Waals surface area contributed by atoms with E-state index >= 15 is 0 Å². The van der Waals surface area contributed by atoms with Gasteiger partial charge in [0.15, 0.2) is 0 Å². The summed E-state index contributed by atoms with van der Waals surface area (Å²) < 4.78 is 5.69. The molecule has 1 amide bonds. The van der Waals surface area contributed by atoms with Crippen LogP contribution in [0, 0.1) is 0 Å².